The van der Waals surface area contributed by atoms with Crippen LogP contribution in [0.3, 0.4) is 0 Å². The maximum Gasteiger partial charge on any atom is 0.122 e. The summed E-state index contributed by atoms with van der Waals surface area (Å²) in [6.07, 6.45) is 1.33. The summed E-state index contributed by atoms with van der Waals surface area (Å²) in [5, 5.41) is 10.1. The van der Waals surface area contributed by atoms with Crippen molar-refractivity contribution in [2.24, 2.45) is 0 Å². The number of aromatic hydroxyl groups is 1. The molecule has 0 amide bonds. The van der Waals surface area contributed by atoms with Gasteiger partial charge >= 0.3 is 0 Å². The Hall–Kier alpha value is -0.830. The van der Waals surface area contributed by atoms with Gasteiger partial charge in [0.2, 0.25) is 0 Å². The molecule has 0 aromatic heterocycles. The smallest absolute Gasteiger partial charge is 0.122 e. The second kappa shape index (κ2) is 5.00. The van der Waals surface area contributed by atoms with E-state index in [2.05, 4.69) is 15.9 Å². The molecule has 0 saturated heterocycles. The molecule has 0 fully saturated rings. The molecule has 1 rings (SSSR count). The van der Waals surface area contributed by atoms with Crippen molar-refractivity contribution in [1.29, 1.82) is 0 Å². The van der Waals surface area contributed by atoms with Crippen LogP contribution >= 0.6 is 15.9 Å². The second-order valence-electron chi connectivity index (χ2n) is 4.25. The van der Waals surface area contributed by atoms with E-state index < -0.39 is 0 Å². The number of carbonyl (C=O) groups is 1. The Morgan fingerprint density at radius 3 is 2.31 bits per heavy atom. The zero-order chi connectivity index (χ0) is 12.5. The first-order valence-electron chi connectivity index (χ1n) is 5.33. The van der Waals surface area contributed by atoms with Crippen LogP contribution in [0.25, 0.3) is 0 Å². The van der Waals surface area contributed by atoms with Crippen molar-refractivity contribution >= 4 is 22.2 Å². The van der Waals surface area contributed by atoms with Gasteiger partial charge in [0.1, 0.15) is 12.0 Å². The average Bonchev–Trinajstić information content (AvgIpc) is 2.24. The first-order valence-corrected chi connectivity index (χ1v) is 6.12. The van der Waals surface area contributed by atoms with Gasteiger partial charge in [0.25, 0.3) is 0 Å². The number of carbonyl (C=O) groups excluding carboxylic acids is 1. The van der Waals surface area contributed by atoms with E-state index in [0.717, 1.165) is 33.0 Å². The number of benzene rings is 1. The third-order valence-electron chi connectivity index (χ3n) is 3.18. The predicted octanol–water partition coefficient (Wildman–Crippen LogP) is 3.77. The molecule has 88 valence electrons. The highest BCUT2D eigenvalue weighted by Gasteiger charge is 2.19. The average molecular weight is 285 g/mol. The zero-order valence-corrected chi connectivity index (χ0v) is 11.7. The van der Waals surface area contributed by atoms with Crippen LogP contribution in [0.1, 0.15) is 41.5 Å². The first-order chi connectivity index (χ1) is 7.41. The van der Waals surface area contributed by atoms with Crippen molar-refractivity contribution in [2.75, 3.05) is 0 Å². The molecule has 0 aliphatic rings. The van der Waals surface area contributed by atoms with E-state index in [4.69, 9.17) is 0 Å². The Morgan fingerprint density at radius 1 is 1.25 bits per heavy atom. The third kappa shape index (κ3) is 2.14. The highest BCUT2D eigenvalue weighted by atomic mass is 79.9. The molecule has 1 unspecified atom stereocenters. The van der Waals surface area contributed by atoms with Gasteiger partial charge in [-0.2, -0.15) is 0 Å². The second-order valence-corrected chi connectivity index (χ2v) is 5.05. The maximum absolute atomic E-state index is 10.6. The standard InChI is InChI=1S/C13H17BrO2/c1-7(5-6-15)11-10(4)12(14)8(2)9(3)13(11)16/h6-7,16H,5H2,1-4H3. The molecule has 0 aliphatic heterocycles. The Labute approximate surface area is 105 Å². The number of halogens is 1. The van der Waals surface area contributed by atoms with Gasteiger partial charge in [0.15, 0.2) is 0 Å². The molecule has 3 heteroatoms. The van der Waals surface area contributed by atoms with Gasteiger partial charge in [0, 0.05) is 16.5 Å². The molecule has 16 heavy (non-hydrogen) atoms. The summed E-state index contributed by atoms with van der Waals surface area (Å²) in [4.78, 5) is 10.6. The van der Waals surface area contributed by atoms with E-state index >= 15 is 0 Å². The molecular weight excluding hydrogens is 268 g/mol. The monoisotopic (exact) mass is 284 g/mol. The SMILES string of the molecule is Cc1c(C)c(Br)c(C)c(C(C)CC=O)c1O. The molecule has 0 radical (unpaired) electrons. The van der Waals surface area contributed by atoms with Crippen molar-refractivity contribution in [3.63, 3.8) is 0 Å². The molecule has 1 atom stereocenters. The summed E-state index contributed by atoms with van der Waals surface area (Å²) < 4.78 is 1.02. The minimum Gasteiger partial charge on any atom is -0.507 e. The van der Waals surface area contributed by atoms with E-state index in [-0.39, 0.29) is 5.92 Å². The number of hydrogen-bond donors (Lipinski definition) is 1. The van der Waals surface area contributed by atoms with Crippen molar-refractivity contribution in [1.82, 2.24) is 0 Å². The normalized spacial score (nSPS) is 12.6. The van der Waals surface area contributed by atoms with Crippen LogP contribution in [0.4, 0.5) is 0 Å². The van der Waals surface area contributed by atoms with E-state index in [1.54, 1.807) is 0 Å². The van der Waals surface area contributed by atoms with Gasteiger partial charge < -0.3 is 9.90 Å². The van der Waals surface area contributed by atoms with Gasteiger partial charge in [-0.05, 0) is 43.4 Å². The van der Waals surface area contributed by atoms with E-state index in [9.17, 15) is 9.90 Å². The summed E-state index contributed by atoms with van der Waals surface area (Å²) in [5.74, 6) is 0.376. The fourth-order valence-corrected chi connectivity index (χ4v) is 2.50. The van der Waals surface area contributed by atoms with Crippen LogP contribution in [0.5, 0.6) is 5.75 Å². The van der Waals surface area contributed by atoms with Gasteiger partial charge in [-0.15, -0.1) is 0 Å². The molecular formula is C13H17BrO2. The molecule has 1 N–H and O–H groups in total. The quantitative estimate of drug-likeness (QED) is 0.858. The molecule has 0 aliphatic carbocycles. The molecule has 2 nitrogen and oxygen atoms in total. The molecule has 0 bridgehead atoms. The summed E-state index contributed by atoms with van der Waals surface area (Å²) in [6, 6.07) is 0. The zero-order valence-electron chi connectivity index (χ0n) is 10.1. The number of rotatable bonds is 3. The molecule has 0 spiro atoms. The van der Waals surface area contributed by atoms with Gasteiger partial charge in [-0.25, -0.2) is 0 Å². The van der Waals surface area contributed by atoms with Gasteiger partial charge in [-0.1, -0.05) is 22.9 Å². The summed E-state index contributed by atoms with van der Waals surface area (Å²) >= 11 is 3.53. The lowest BCUT2D eigenvalue weighted by atomic mass is 9.89. The number of aldehydes is 1. The Morgan fingerprint density at radius 2 is 1.81 bits per heavy atom. The lowest BCUT2D eigenvalue weighted by Crippen LogP contribution is -2.02. The largest absolute Gasteiger partial charge is 0.507 e. The molecule has 1 aromatic carbocycles. The van der Waals surface area contributed by atoms with Crippen LogP contribution in [-0.4, -0.2) is 11.4 Å². The van der Waals surface area contributed by atoms with Crippen molar-refractivity contribution in [3.05, 3.63) is 26.7 Å². The fourth-order valence-electron chi connectivity index (χ4n) is 1.99. The van der Waals surface area contributed by atoms with E-state index in [1.807, 2.05) is 27.7 Å². The molecule has 0 heterocycles. The highest BCUT2D eigenvalue weighted by Crippen LogP contribution is 2.39. The Kier molecular flexibility index (Phi) is 4.14. The third-order valence-corrected chi connectivity index (χ3v) is 4.37. The lowest BCUT2D eigenvalue weighted by Gasteiger charge is -2.19. The predicted molar refractivity (Wildman–Crippen MR) is 69.1 cm³/mol. The minimum atomic E-state index is 0.0492. The number of phenols is 1. The van der Waals surface area contributed by atoms with E-state index in [0.29, 0.717) is 12.2 Å². The van der Waals surface area contributed by atoms with Gasteiger partial charge in [-0.3, -0.25) is 0 Å². The fraction of sp³-hybridized carbons (Fsp3) is 0.462. The summed E-state index contributed by atoms with van der Waals surface area (Å²) in [6.45, 7) is 7.79. The van der Waals surface area contributed by atoms with Crippen LogP contribution in [0, 0.1) is 20.8 Å². The van der Waals surface area contributed by atoms with Crippen molar-refractivity contribution < 1.29 is 9.90 Å². The lowest BCUT2D eigenvalue weighted by molar-refractivity contribution is -0.108. The number of phenolic OH excluding ortho intramolecular Hbond substituents is 1. The first kappa shape index (κ1) is 13.2. The summed E-state index contributed by atoms with van der Waals surface area (Å²) in [7, 11) is 0. The summed E-state index contributed by atoms with van der Waals surface area (Å²) in [5.41, 5.74) is 3.83. The van der Waals surface area contributed by atoms with Crippen LogP contribution in [0.2, 0.25) is 0 Å². The minimum absolute atomic E-state index is 0.0492. The topological polar surface area (TPSA) is 37.3 Å². The van der Waals surface area contributed by atoms with Crippen LogP contribution in [-0.2, 0) is 4.79 Å². The number of hydrogen-bond acceptors (Lipinski definition) is 2. The van der Waals surface area contributed by atoms with Crippen LogP contribution in [0.15, 0.2) is 4.47 Å². The van der Waals surface area contributed by atoms with Gasteiger partial charge in [0.05, 0.1) is 0 Å². The van der Waals surface area contributed by atoms with Crippen molar-refractivity contribution in [2.45, 2.75) is 40.0 Å². The highest BCUT2D eigenvalue weighted by molar-refractivity contribution is 9.10. The van der Waals surface area contributed by atoms with E-state index in [1.165, 1.54) is 0 Å². The van der Waals surface area contributed by atoms with Crippen molar-refractivity contribution in [3.8, 4) is 5.75 Å². The Balaban J connectivity index is 3.44. The molecule has 0 saturated carbocycles. The Bertz CT molecular complexity index is 395. The molecule has 1 aromatic rings. The maximum atomic E-state index is 10.6. The van der Waals surface area contributed by atoms with Crippen LogP contribution < -0.4 is 0 Å².